The van der Waals surface area contributed by atoms with E-state index in [1.165, 1.54) is 11.8 Å². The Kier molecular flexibility index (Phi) is 6.75. The Morgan fingerprint density at radius 3 is 2.39 bits per heavy atom. The van der Waals surface area contributed by atoms with Gasteiger partial charge < -0.3 is 14.7 Å². The maximum Gasteiger partial charge on any atom is 0.124 e. The molecule has 0 aliphatic carbocycles. The lowest BCUT2D eigenvalue weighted by molar-refractivity contribution is -0.0950. The molecule has 0 radical (unpaired) electrons. The van der Waals surface area contributed by atoms with Gasteiger partial charge in [-0.3, -0.25) is 0 Å². The number of ether oxygens (including phenoxy) is 2. The zero-order valence-electron chi connectivity index (χ0n) is 16.4. The first-order valence-corrected chi connectivity index (χ1v) is 10.2. The topological polar surface area (TPSA) is 51.0 Å². The van der Waals surface area contributed by atoms with Gasteiger partial charge in [0, 0.05) is 43.0 Å². The van der Waals surface area contributed by atoms with Gasteiger partial charge in [0.1, 0.15) is 5.82 Å². The second kappa shape index (κ2) is 9.07. The molecule has 3 rings (SSSR count). The number of rotatable bonds is 6. The molecule has 1 fully saturated rings. The number of oxime groups is 1. The summed E-state index contributed by atoms with van der Waals surface area (Å²) < 4.78 is 25.6. The lowest BCUT2D eigenvalue weighted by atomic mass is 9.86. The zero-order chi connectivity index (χ0) is 20.1. The maximum atomic E-state index is 14.4. The lowest BCUT2D eigenvalue weighted by Gasteiger charge is -2.36. The van der Waals surface area contributed by atoms with Crippen LogP contribution in [0.1, 0.15) is 37.8 Å². The molecular weight excluding hydrogens is 377 g/mol. The molecule has 28 heavy (non-hydrogen) atoms. The average molecular weight is 404 g/mol. The van der Waals surface area contributed by atoms with Gasteiger partial charge in [-0.25, -0.2) is 4.39 Å². The van der Waals surface area contributed by atoms with Gasteiger partial charge in [0.25, 0.3) is 0 Å². The molecule has 0 amide bonds. The van der Waals surface area contributed by atoms with E-state index in [9.17, 15) is 9.60 Å². The molecule has 150 valence electrons. The van der Waals surface area contributed by atoms with Crippen LogP contribution in [-0.2, 0) is 15.1 Å². The first-order chi connectivity index (χ1) is 13.5. The second-order valence-electron chi connectivity index (χ2n) is 7.25. The molecule has 6 heteroatoms. The Bertz CT molecular complexity index is 830. The maximum absolute atomic E-state index is 14.4. The SMILES string of the molecule is COC1(c2cc(F)cc(Sc3ccc(/C(=N\O)C(C)C)cc3)c2)CCOCC1. The van der Waals surface area contributed by atoms with Crippen LogP contribution < -0.4 is 0 Å². The number of benzene rings is 2. The fourth-order valence-corrected chi connectivity index (χ4v) is 4.43. The molecule has 4 nitrogen and oxygen atoms in total. The van der Waals surface area contributed by atoms with Crippen molar-refractivity contribution in [3.63, 3.8) is 0 Å². The number of hydrogen-bond acceptors (Lipinski definition) is 5. The van der Waals surface area contributed by atoms with E-state index in [1.54, 1.807) is 19.2 Å². The van der Waals surface area contributed by atoms with Gasteiger partial charge in [-0.2, -0.15) is 0 Å². The molecule has 0 unspecified atom stereocenters. The van der Waals surface area contributed by atoms with E-state index < -0.39 is 5.60 Å². The molecule has 0 saturated carbocycles. The highest BCUT2D eigenvalue weighted by molar-refractivity contribution is 7.99. The highest BCUT2D eigenvalue weighted by Gasteiger charge is 2.35. The predicted octanol–water partition coefficient (Wildman–Crippen LogP) is 5.46. The molecule has 0 bridgehead atoms. The van der Waals surface area contributed by atoms with Gasteiger partial charge in [-0.15, -0.1) is 0 Å². The number of nitrogens with zero attached hydrogens (tertiary/aromatic N) is 1. The summed E-state index contributed by atoms with van der Waals surface area (Å²) in [5.41, 5.74) is 1.88. The molecular formula is C22H26FNO3S. The summed E-state index contributed by atoms with van der Waals surface area (Å²) in [4.78, 5) is 1.81. The Labute approximate surface area is 169 Å². The molecule has 1 aliphatic rings. The van der Waals surface area contributed by atoms with Crippen LogP contribution in [0, 0.1) is 11.7 Å². The molecule has 0 aromatic heterocycles. The smallest absolute Gasteiger partial charge is 0.124 e. The van der Waals surface area contributed by atoms with Crippen molar-refractivity contribution in [2.75, 3.05) is 20.3 Å². The highest BCUT2D eigenvalue weighted by atomic mass is 32.2. The quantitative estimate of drug-likeness (QED) is 0.395. The molecule has 2 aromatic carbocycles. The standard InChI is InChI=1S/C22H26FNO3S/c1-15(2)21(24-25)16-4-6-19(7-5-16)28-20-13-17(12-18(23)14-20)22(26-3)8-10-27-11-9-22/h4-7,12-15,25H,8-11H2,1-3H3/b24-21-. The Morgan fingerprint density at radius 2 is 1.82 bits per heavy atom. The highest BCUT2D eigenvalue weighted by Crippen LogP contribution is 2.39. The van der Waals surface area contributed by atoms with E-state index in [4.69, 9.17) is 9.47 Å². The molecule has 1 saturated heterocycles. The molecule has 1 heterocycles. The van der Waals surface area contributed by atoms with Crippen LogP contribution in [0.5, 0.6) is 0 Å². The lowest BCUT2D eigenvalue weighted by Crippen LogP contribution is -2.35. The molecule has 1 N–H and O–H groups in total. The summed E-state index contributed by atoms with van der Waals surface area (Å²) in [7, 11) is 1.68. The van der Waals surface area contributed by atoms with Crippen LogP contribution >= 0.6 is 11.8 Å². The van der Waals surface area contributed by atoms with Crippen molar-refractivity contribution in [3.05, 3.63) is 59.4 Å². The van der Waals surface area contributed by atoms with E-state index in [1.807, 2.05) is 44.2 Å². The summed E-state index contributed by atoms with van der Waals surface area (Å²) in [6.45, 7) is 5.18. The van der Waals surface area contributed by atoms with Gasteiger partial charge in [0.15, 0.2) is 0 Å². The van der Waals surface area contributed by atoms with Crippen molar-refractivity contribution in [1.29, 1.82) is 0 Å². The summed E-state index contributed by atoms with van der Waals surface area (Å²) in [6, 6.07) is 12.9. The minimum atomic E-state index is -0.497. The van der Waals surface area contributed by atoms with E-state index in [-0.39, 0.29) is 11.7 Å². The number of methoxy groups -OCH3 is 1. The zero-order valence-corrected chi connectivity index (χ0v) is 17.3. The van der Waals surface area contributed by atoms with Crippen LogP contribution in [0.3, 0.4) is 0 Å². The van der Waals surface area contributed by atoms with Crippen molar-refractivity contribution in [2.24, 2.45) is 11.1 Å². The predicted molar refractivity (Wildman–Crippen MR) is 109 cm³/mol. The second-order valence-corrected chi connectivity index (χ2v) is 8.40. The Balaban J connectivity index is 1.84. The summed E-state index contributed by atoms with van der Waals surface area (Å²) >= 11 is 1.50. The van der Waals surface area contributed by atoms with E-state index in [2.05, 4.69) is 5.16 Å². The molecule has 2 aromatic rings. The number of halogens is 1. The minimum Gasteiger partial charge on any atom is -0.411 e. The molecule has 1 aliphatic heterocycles. The monoisotopic (exact) mass is 403 g/mol. The number of hydrogen-bond donors (Lipinski definition) is 1. The third-order valence-corrected chi connectivity index (χ3v) is 6.11. The third-order valence-electron chi connectivity index (χ3n) is 5.13. The van der Waals surface area contributed by atoms with E-state index in [0.29, 0.717) is 31.8 Å². The normalized spacial score (nSPS) is 17.1. The first-order valence-electron chi connectivity index (χ1n) is 9.41. The van der Waals surface area contributed by atoms with Crippen molar-refractivity contribution in [3.8, 4) is 0 Å². The first kappa shape index (κ1) is 20.8. The van der Waals surface area contributed by atoms with E-state index in [0.717, 1.165) is 20.9 Å². The van der Waals surface area contributed by atoms with Crippen LogP contribution in [0.15, 0.2) is 57.4 Å². The van der Waals surface area contributed by atoms with Crippen LogP contribution in [0.25, 0.3) is 0 Å². The van der Waals surface area contributed by atoms with Crippen LogP contribution in [-0.4, -0.2) is 31.2 Å². The van der Waals surface area contributed by atoms with Crippen molar-refractivity contribution < 1.29 is 19.1 Å². The fourth-order valence-electron chi connectivity index (χ4n) is 3.53. The van der Waals surface area contributed by atoms with Gasteiger partial charge in [0.2, 0.25) is 0 Å². The summed E-state index contributed by atoms with van der Waals surface area (Å²) in [6.07, 6.45) is 1.43. The molecule has 0 atom stereocenters. The summed E-state index contributed by atoms with van der Waals surface area (Å²) in [5.74, 6) is -0.145. The fraction of sp³-hybridized carbons (Fsp3) is 0.409. The Morgan fingerprint density at radius 1 is 1.14 bits per heavy atom. The van der Waals surface area contributed by atoms with Crippen molar-refractivity contribution in [1.82, 2.24) is 0 Å². The largest absolute Gasteiger partial charge is 0.411 e. The van der Waals surface area contributed by atoms with Gasteiger partial charge in [-0.1, -0.05) is 42.9 Å². The third kappa shape index (κ3) is 4.57. The average Bonchev–Trinajstić information content (AvgIpc) is 2.69. The van der Waals surface area contributed by atoms with Gasteiger partial charge in [-0.05, 0) is 47.4 Å². The van der Waals surface area contributed by atoms with Gasteiger partial charge in [0.05, 0.1) is 11.3 Å². The summed E-state index contributed by atoms with van der Waals surface area (Å²) in [5, 5.41) is 12.6. The van der Waals surface area contributed by atoms with E-state index >= 15 is 0 Å². The Hall–Kier alpha value is -1.89. The van der Waals surface area contributed by atoms with Crippen molar-refractivity contribution >= 4 is 17.5 Å². The van der Waals surface area contributed by atoms with Gasteiger partial charge >= 0.3 is 0 Å². The minimum absolute atomic E-state index is 0.124. The molecule has 0 spiro atoms. The van der Waals surface area contributed by atoms with Crippen LogP contribution in [0.4, 0.5) is 4.39 Å². The van der Waals surface area contributed by atoms with Crippen LogP contribution in [0.2, 0.25) is 0 Å². The van der Waals surface area contributed by atoms with Crippen molar-refractivity contribution in [2.45, 2.75) is 42.1 Å².